The number of amides is 1. The number of rotatable bonds is 3. The van der Waals surface area contributed by atoms with Gasteiger partial charge in [-0.1, -0.05) is 0 Å². The molecule has 0 radical (unpaired) electrons. The number of hydrogen-bond acceptors (Lipinski definition) is 3. The predicted molar refractivity (Wildman–Crippen MR) is 59.5 cm³/mol. The van der Waals surface area contributed by atoms with Crippen LogP contribution in [0.5, 0.6) is 0 Å². The Kier molecular flexibility index (Phi) is 3.71. The summed E-state index contributed by atoms with van der Waals surface area (Å²) in [5.74, 6) is -0.601. The fraction of sp³-hybridized carbons (Fsp3) is 0.455. The van der Waals surface area contributed by atoms with Gasteiger partial charge in [0.15, 0.2) is 0 Å². The first kappa shape index (κ1) is 12.3. The Morgan fingerprint density at radius 3 is 2.56 bits per heavy atom. The Hall–Kier alpha value is -1.78. The average Bonchev–Trinajstić information content (AvgIpc) is 2.59. The second kappa shape index (κ2) is 4.83. The number of nitrogens with zero attached hydrogens (tertiary/aromatic N) is 1. The zero-order valence-corrected chi connectivity index (χ0v) is 9.96. The van der Waals surface area contributed by atoms with Crippen LogP contribution < -0.4 is 0 Å². The molecule has 0 aliphatic heterocycles. The number of aromatic amines is 1. The highest BCUT2D eigenvalue weighted by Crippen LogP contribution is 2.12. The first-order valence-electron chi connectivity index (χ1n) is 5.05. The van der Waals surface area contributed by atoms with E-state index in [4.69, 9.17) is 4.74 Å². The molecule has 1 aromatic heterocycles. The highest BCUT2D eigenvalue weighted by atomic mass is 16.5. The van der Waals surface area contributed by atoms with Gasteiger partial charge in [0, 0.05) is 14.1 Å². The number of ether oxygens (including phenoxy) is 1. The minimum absolute atomic E-state index is 0.168. The van der Waals surface area contributed by atoms with Gasteiger partial charge in [-0.05, 0) is 25.5 Å². The van der Waals surface area contributed by atoms with E-state index >= 15 is 0 Å². The molecule has 1 amide bonds. The molecule has 1 rings (SSSR count). The minimum Gasteiger partial charge on any atom is -0.461 e. The minimum atomic E-state index is -0.433. The number of nitrogens with one attached hydrogen (secondary N) is 1. The Bertz CT molecular complexity index is 407. The number of carbonyl (C=O) groups excluding carboxylic acids is 2. The van der Waals surface area contributed by atoms with Gasteiger partial charge >= 0.3 is 5.97 Å². The summed E-state index contributed by atoms with van der Waals surface area (Å²) >= 11 is 0. The molecule has 0 aliphatic rings. The van der Waals surface area contributed by atoms with Gasteiger partial charge in [-0.2, -0.15) is 0 Å². The molecular formula is C11H16N2O3. The third-order valence-electron chi connectivity index (χ3n) is 2.13. The molecule has 0 saturated carbocycles. The second-order valence-electron chi connectivity index (χ2n) is 3.66. The van der Waals surface area contributed by atoms with E-state index in [9.17, 15) is 9.59 Å². The van der Waals surface area contributed by atoms with Crippen molar-refractivity contribution < 1.29 is 14.3 Å². The molecule has 88 valence electrons. The van der Waals surface area contributed by atoms with Crippen LogP contribution in [0.15, 0.2) is 6.07 Å². The predicted octanol–water partition coefficient (Wildman–Crippen LogP) is 1.20. The normalized spacial score (nSPS) is 10.0. The van der Waals surface area contributed by atoms with E-state index < -0.39 is 5.97 Å². The fourth-order valence-electron chi connectivity index (χ4n) is 1.33. The monoisotopic (exact) mass is 224 g/mol. The van der Waals surface area contributed by atoms with Gasteiger partial charge in [-0.3, -0.25) is 4.79 Å². The van der Waals surface area contributed by atoms with Crippen LogP contribution in [0, 0.1) is 6.92 Å². The van der Waals surface area contributed by atoms with Gasteiger partial charge in [-0.15, -0.1) is 0 Å². The molecule has 5 nitrogen and oxygen atoms in total. The molecule has 0 saturated heterocycles. The third kappa shape index (κ3) is 2.42. The number of esters is 1. The molecule has 5 heteroatoms. The standard InChI is InChI=1S/C11H16N2O3/c1-5-16-11(15)9-7(2)6-8(12-9)10(14)13(3)4/h6,12H,5H2,1-4H3. The first-order chi connectivity index (χ1) is 7.47. The van der Waals surface area contributed by atoms with Crippen molar-refractivity contribution in [3.63, 3.8) is 0 Å². The van der Waals surface area contributed by atoms with Crippen molar-refractivity contribution in [3.05, 3.63) is 23.0 Å². The molecule has 0 aliphatic carbocycles. The van der Waals surface area contributed by atoms with Gasteiger partial charge in [0.2, 0.25) is 0 Å². The zero-order valence-electron chi connectivity index (χ0n) is 9.96. The average molecular weight is 224 g/mol. The molecule has 0 spiro atoms. The van der Waals surface area contributed by atoms with Crippen LogP contribution in [-0.4, -0.2) is 42.5 Å². The number of aryl methyl sites for hydroxylation is 1. The Labute approximate surface area is 94.4 Å². The summed E-state index contributed by atoms with van der Waals surface area (Å²) < 4.78 is 4.87. The van der Waals surface area contributed by atoms with E-state index in [1.54, 1.807) is 34.0 Å². The maximum Gasteiger partial charge on any atom is 0.355 e. The van der Waals surface area contributed by atoms with Gasteiger partial charge in [0.05, 0.1) is 6.61 Å². The summed E-state index contributed by atoms with van der Waals surface area (Å²) in [7, 11) is 3.31. The summed E-state index contributed by atoms with van der Waals surface area (Å²) in [4.78, 5) is 27.4. The largest absolute Gasteiger partial charge is 0.461 e. The van der Waals surface area contributed by atoms with Gasteiger partial charge in [0.25, 0.3) is 5.91 Å². The van der Waals surface area contributed by atoms with Crippen molar-refractivity contribution in [2.24, 2.45) is 0 Å². The summed E-state index contributed by atoms with van der Waals surface area (Å²) in [6, 6.07) is 1.65. The lowest BCUT2D eigenvalue weighted by molar-refractivity contribution is 0.0519. The highest BCUT2D eigenvalue weighted by Gasteiger charge is 2.17. The maximum atomic E-state index is 11.6. The van der Waals surface area contributed by atoms with Crippen LogP contribution >= 0.6 is 0 Å². The second-order valence-corrected chi connectivity index (χ2v) is 3.66. The van der Waals surface area contributed by atoms with Crippen LogP contribution in [-0.2, 0) is 4.74 Å². The molecule has 1 heterocycles. The number of H-pyrrole nitrogens is 1. The smallest absolute Gasteiger partial charge is 0.355 e. The van der Waals surface area contributed by atoms with Crippen LogP contribution in [0.2, 0.25) is 0 Å². The molecular weight excluding hydrogens is 208 g/mol. The maximum absolute atomic E-state index is 11.6. The van der Waals surface area contributed by atoms with Crippen molar-refractivity contribution in [3.8, 4) is 0 Å². The highest BCUT2D eigenvalue weighted by molar-refractivity contribution is 5.96. The van der Waals surface area contributed by atoms with E-state index in [2.05, 4.69) is 4.98 Å². The van der Waals surface area contributed by atoms with Crippen LogP contribution in [0.25, 0.3) is 0 Å². The lowest BCUT2D eigenvalue weighted by Crippen LogP contribution is -2.22. The number of carbonyl (C=O) groups is 2. The Balaban J connectivity index is 2.98. The fourth-order valence-corrected chi connectivity index (χ4v) is 1.33. The molecule has 0 atom stereocenters. The zero-order chi connectivity index (χ0) is 12.3. The molecule has 0 bridgehead atoms. The molecule has 16 heavy (non-hydrogen) atoms. The lowest BCUT2D eigenvalue weighted by Gasteiger charge is -2.07. The van der Waals surface area contributed by atoms with E-state index in [0.29, 0.717) is 23.6 Å². The van der Waals surface area contributed by atoms with Gasteiger partial charge in [-0.25, -0.2) is 4.79 Å². The topological polar surface area (TPSA) is 62.4 Å². The molecule has 0 fully saturated rings. The van der Waals surface area contributed by atoms with E-state index in [-0.39, 0.29) is 5.91 Å². The van der Waals surface area contributed by atoms with Crippen molar-refractivity contribution in [2.75, 3.05) is 20.7 Å². The summed E-state index contributed by atoms with van der Waals surface area (Å²) in [5, 5.41) is 0. The molecule has 1 N–H and O–H groups in total. The first-order valence-corrected chi connectivity index (χ1v) is 5.05. The van der Waals surface area contributed by atoms with Crippen molar-refractivity contribution >= 4 is 11.9 Å². The Morgan fingerprint density at radius 1 is 1.44 bits per heavy atom. The molecule has 1 aromatic rings. The number of aromatic nitrogens is 1. The van der Waals surface area contributed by atoms with Gasteiger partial charge in [0.1, 0.15) is 11.4 Å². The van der Waals surface area contributed by atoms with Crippen LogP contribution in [0.3, 0.4) is 0 Å². The Morgan fingerprint density at radius 2 is 2.06 bits per heavy atom. The van der Waals surface area contributed by atoms with Gasteiger partial charge < -0.3 is 14.6 Å². The summed E-state index contributed by atoms with van der Waals surface area (Å²) in [6.45, 7) is 3.81. The molecule has 0 unspecified atom stereocenters. The summed E-state index contributed by atoms with van der Waals surface area (Å²) in [6.07, 6.45) is 0. The number of hydrogen-bond donors (Lipinski definition) is 1. The van der Waals surface area contributed by atoms with E-state index in [1.807, 2.05) is 0 Å². The van der Waals surface area contributed by atoms with E-state index in [0.717, 1.165) is 0 Å². The third-order valence-corrected chi connectivity index (χ3v) is 2.13. The van der Waals surface area contributed by atoms with Crippen molar-refractivity contribution in [1.82, 2.24) is 9.88 Å². The SMILES string of the molecule is CCOC(=O)c1[nH]c(C(=O)N(C)C)cc1C. The van der Waals surface area contributed by atoms with E-state index in [1.165, 1.54) is 4.90 Å². The lowest BCUT2D eigenvalue weighted by atomic mass is 10.2. The van der Waals surface area contributed by atoms with Crippen molar-refractivity contribution in [1.29, 1.82) is 0 Å². The van der Waals surface area contributed by atoms with Crippen molar-refractivity contribution in [2.45, 2.75) is 13.8 Å². The summed E-state index contributed by atoms with van der Waals surface area (Å²) in [5.41, 5.74) is 1.45. The quantitative estimate of drug-likeness (QED) is 0.785. The van der Waals surface area contributed by atoms with Crippen LogP contribution in [0.4, 0.5) is 0 Å². The molecule has 0 aromatic carbocycles. The van der Waals surface area contributed by atoms with Crippen LogP contribution in [0.1, 0.15) is 33.5 Å².